The van der Waals surface area contributed by atoms with Crippen molar-refractivity contribution in [3.8, 4) is 0 Å². The van der Waals surface area contributed by atoms with E-state index < -0.39 is 0 Å². The summed E-state index contributed by atoms with van der Waals surface area (Å²) in [7, 11) is 2.03. The largest absolute Gasteiger partial charge is 0.319 e. The van der Waals surface area contributed by atoms with Crippen molar-refractivity contribution in [2.45, 2.75) is 25.8 Å². The third-order valence-electron chi connectivity index (χ3n) is 3.82. The molecule has 0 aromatic carbocycles. The highest BCUT2D eigenvalue weighted by molar-refractivity contribution is 7.20. The van der Waals surface area contributed by atoms with Gasteiger partial charge in [0, 0.05) is 11.6 Å². The molecule has 18 heavy (non-hydrogen) atoms. The summed E-state index contributed by atoms with van der Waals surface area (Å²) in [5, 5.41) is 3.27. The van der Waals surface area contributed by atoms with E-state index in [-0.39, 0.29) is 0 Å². The van der Waals surface area contributed by atoms with E-state index >= 15 is 0 Å². The van der Waals surface area contributed by atoms with Gasteiger partial charge in [-0.2, -0.15) is 0 Å². The molecule has 0 amide bonds. The molecule has 1 N–H and O–H groups in total. The minimum Gasteiger partial charge on any atom is -0.319 e. The first-order valence-corrected chi connectivity index (χ1v) is 8.02. The first-order valence-electron chi connectivity index (χ1n) is 6.45. The number of piperidine rings is 1. The molecule has 2 rings (SSSR count). The van der Waals surface area contributed by atoms with Gasteiger partial charge in [0.15, 0.2) is 0 Å². The average molecular weight is 307 g/mol. The van der Waals surface area contributed by atoms with E-state index in [2.05, 4.69) is 17.1 Å². The molecule has 2 nitrogen and oxygen atoms in total. The van der Waals surface area contributed by atoms with Crippen LogP contribution >= 0.6 is 34.5 Å². The Morgan fingerprint density at radius 3 is 2.61 bits per heavy atom. The van der Waals surface area contributed by atoms with Crippen molar-refractivity contribution in [3.05, 3.63) is 20.3 Å². The number of likely N-dealkylation sites (tertiary alicyclic amines) is 1. The molecule has 5 heteroatoms. The van der Waals surface area contributed by atoms with Crippen LogP contribution in [-0.4, -0.2) is 31.6 Å². The molecular formula is C13H20Cl2N2S. The molecule has 1 aliphatic rings. The number of halogens is 2. The summed E-state index contributed by atoms with van der Waals surface area (Å²) < 4.78 is 1.62. The van der Waals surface area contributed by atoms with Gasteiger partial charge in [0.25, 0.3) is 0 Å². The van der Waals surface area contributed by atoms with Crippen molar-refractivity contribution in [1.82, 2.24) is 10.2 Å². The van der Waals surface area contributed by atoms with Crippen LogP contribution < -0.4 is 5.32 Å². The Morgan fingerprint density at radius 1 is 1.44 bits per heavy atom. The molecule has 1 aliphatic heterocycles. The maximum absolute atomic E-state index is 6.23. The maximum atomic E-state index is 6.23. The summed E-state index contributed by atoms with van der Waals surface area (Å²) >= 11 is 13.7. The van der Waals surface area contributed by atoms with Crippen molar-refractivity contribution in [3.63, 3.8) is 0 Å². The normalized spacial score (nSPS) is 20.2. The predicted octanol–water partition coefficient (Wildman–Crippen LogP) is 4.05. The van der Waals surface area contributed by atoms with Gasteiger partial charge < -0.3 is 5.32 Å². The van der Waals surface area contributed by atoms with Crippen LogP contribution in [0.4, 0.5) is 0 Å². The Bertz CT molecular complexity index is 386. The Hall–Kier alpha value is 0.200. The second-order valence-corrected chi connectivity index (χ2v) is 7.28. The summed E-state index contributed by atoms with van der Waals surface area (Å²) in [5.74, 6) is 0.819. The number of hydrogen-bond donors (Lipinski definition) is 1. The molecule has 1 aromatic heterocycles. The fourth-order valence-corrected chi connectivity index (χ4v) is 4.30. The molecule has 0 aliphatic carbocycles. The van der Waals surface area contributed by atoms with Crippen LogP contribution in [-0.2, 0) is 0 Å². The third-order valence-corrected chi connectivity index (χ3v) is 5.34. The van der Waals surface area contributed by atoms with Crippen LogP contribution in [0.25, 0.3) is 0 Å². The molecule has 1 atom stereocenters. The monoisotopic (exact) mass is 306 g/mol. The van der Waals surface area contributed by atoms with Crippen LogP contribution in [0.2, 0.25) is 8.67 Å². The second kappa shape index (κ2) is 6.58. The lowest BCUT2D eigenvalue weighted by atomic mass is 9.95. The molecule has 0 saturated carbocycles. The SMILES string of the molecule is CNCC1CCN(C(C)c2cc(Cl)sc2Cl)CC1. The van der Waals surface area contributed by atoms with Crippen molar-refractivity contribution < 1.29 is 0 Å². The minimum absolute atomic E-state index is 0.372. The Morgan fingerprint density at radius 2 is 2.11 bits per heavy atom. The van der Waals surface area contributed by atoms with Crippen LogP contribution in [0.3, 0.4) is 0 Å². The Kier molecular flexibility index (Phi) is 5.34. The molecule has 1 aromatic rings. The highest BCUT2D eigenvalue weighted by Crippen LogP contribution is 2.38. The fraction of sp³-hybridized carbons (Fsp3) is 0.692. The van der Waals surface area contributed by atoms with Crippen molar-refractivity contribution in [2.24, 2.45) is 5.92 Å². The van der Waals surface area contributed by atoms with Crippen molar-refractivity contribution in [2.75, 3.05) is 26.7 Å². The number of hydrogen-bond acceptors (Lipinski definition) is 3. The van der Waals surface area contributed by atoms with Gasteiger partial charge in [-0.05, 0) is 58.4 Å². The van der Waals surface area contributed by atoms with Crippen LogP contribution in [0.1, 0.15) is 31.4 Å². The van der Waals surface area contributed by atoms with Gasteiger partial charge in [0.2, 0.25) is 0 Å². The van der Waals surface area contributed by atoms with Gasteiger partial charge in [-0.3, -0.25) is 4.90 Å². The summed E-state index contributed by atoms with van der Waals surface area (Å²) in [4.78, 5) is 2.51. The predicted molar refractivity (Wildman–Crippen MR) is 81.0 cm³/mol. The smallest absolute Gasteiger partial charge is 0.0991 e. The lowest BCUT2D eigenvalue weighted by Gasteiger charge is -2.36. The zero-order valence-corrected chi connectivity index (χ0v) is 13.2. The van der Waals surface area contributed by atoms with E-state index in [4.69, 9.17) is 23.2 Å². The van der Waals surface area contributed by atoms with Gasteiger partial charge in [-0.1, -0.05) is 23.2 Å². The summed E-state index contributed by atoms with van der Waals surface area (Å²) in [6.45, 7) is 5.66. The fourth-order valence-electron chi connectivity index (χ4n) is 2.67. The van der Waals surface area contributed by atoms with Crippen LogP contribution in [0, 0.1) is 5.92 Å². The third kappa shape index (κ3) is 3.40. The molecule has 1 fully saturated rings. The molecule has 1 unspecified atom stereocenters. The average Bonchev–Trinajstić information content (AvgIpc) is 2.69. The molecule has 0 bridgehead atoms. The van der Waals surface area contributed by atoms with Crippen LogP contribution in [0.5, 0.6) is 0 Å². The Balaban J connectivity index is 1.95. The van der Waals surface area contributed by atoms with E-state index in [1.54, 1.807) is 0 Å². The lowest BCUT2D eigenvalue weighted by molar-refractivity contribution is 0.141. The molecule has 2 heterocycles. The highest BCUT2D eigenvalue weighted by Gasteiger charge is 2.25. The van der Waals surface area contributed by atoms with Gasteiger partial charge in [-0.15, -0.1) is 11.3 Å². The number of nitrogens with zero attached hydrogens (tertiary/aromatic N) is 1. The molecule has 0 radical (unpaired) electrons. The van der Waals surface area contributed by atoms with E-state index in [0.29, 0.717) is 6.04 Å². The van der Waals surface area contributed by atoms with Gasteiger partial charge >= 0.3 is 0 Å². The quantitative estimate of drug-likeness (QED) is 0.903. The van der Waals surface area contributed by atoms with E-state index in [9.17, 15) is 0 Å². The maximum Gasteiger partial charge on any atom is 0.0991 e. The zero-order valence-electron chi connectivity index (χ0n) is 10.9. The number of rotatable bonds is 4. The van der Waals surface area contributed by atoms with Crippen LogP contribution in [0.15, 0.2) is 6.07 Å². The molecule has 0 spiro atoms. The standard InChI is InChI=1S/C13H20Cl2N2S/c1-9(11-7-12(14)18-13(11)15)17-5-3-10(4-6-17)8-16-2/h7,9-10,16H,3-6,8H2,1-2H3. The topological polar surface area (TPSA) is 15.3 Å². The first-order chi connectivity index (χ1) is 8.61. The zero-order chi connectivity index (χ0) is 13.1. The molecular weight excluding hydrogens is 287 g/mol. The van der Waals surface area contributed by atoms with E-state index in [1.807, 2.05) is 13.1 Å². The van der Waals surface area contributed by atoms with Gasteiger partial charge in [-0.25, -0.2) is 0 Å². The second-order valence-electron chi connectivity index (χ2n) is 4.99. The van der Waals surface area contributed by atoms with E-state index in [1.165, 1.54) is 29.7 Å². The number of thiophene rings is 1. The first kappa shape index (κ1) is 14.6. The highest BCUT2D eigenvalue weighted by atomic mass is 35.5. The van der Waals surface area contributed by atoms with Crippen molar-refractivity contribution in [1.29, 1.82) is 0 Å². The van der Waals surface area contributed by atoms with Gasteiger partial charge in [0.1, 0.15) is 0 Å². The Labute approximate surface area is 123 Å². The lowest BCUT2D eigenvalue weighted by Crippen LogP contribution is -2.38. The number of nitrogens with one attached hydrogen (secondary N) is 1. The van der Waals surface area contributed by atoms with Crippen molar-refractivity contribution >= 4 is 34.5 Å². The summed E-state index contributed by atoms with van der Waals surface area (Å²) in [6.07, 6.45) is 2.53. The molecule has 102 valence electrons. The van der Waals surface area contributed by atoms with E-state index in [0.717, 1.165) is 34.2 Å². The minimum atomic E-state index is 0.372. The van der Waals surface area contributed by atoms with Gasteiger partial charge in [0.05, 0.1) is 8.67 Å². The summed E-state index contributed by atoms with van der Waals surface area (Å²) in [6, 6.07) is 2.38. The summed E-state index contributed by atoms with van der Waals surface area (Å²) in [5.41, 5.74) is 1.18. The molecule has 1 saturated heterocycles.